The van der Waals surface area contributed by atoms with Crippen LogP contribution in [0.5, 0.6) is 0 Å². The molecule has 1 aliphatic carbocycles. The van der Waals surface area contributed by atoms with Gasteiger partial charge in [0.15, 0.2) is 0 Å². The van der Waals surface area contributed by atoms with E-state index in [1.54, 1.807) is 12.4 Å². The predicted octanol–water partition coefficient (Wildman–Crippen LogP) is 2.31. The minimum absolute atomic E-state index is 0.0300. The molecule has 1 amide bonds. The number of halogens is 1. The summed E-state index contributed by atoms with van der Waals surface area (Å²) in [7, 11) is 0. The molecule has 1 heterocycles. The second kappa shape index (κ2) is 6.13. The fraction of sp³-hybridized carbons (Fsp3) is 0.583. The lowest BCUT2D eigenvalue weighted by Crippen LogP contribution is -2.25. The second-order valence-corrected chi connectivity index (χ2v) is 5.26. The third-order valence-corrected chi connectivity index (χ3v) is 3.83. The number of hydrogen-bond donors (Lipinski definition) is 1. The molecule has 1 N–H and O–H groups in total. The molecule has 1 aliphatic rings. The van der Waals surface area contributed by atoms with Gasteiger partial charge >= 0.3 is 0 Å². The van der Waals surface area contributed by atoms with Crippen LogP contribution in [0.4, 0.5) is 0 Å². The van der Waals surface area contributed by atoms with E-state index in [-0.39, 0.29) is 11.8 Å². The quantitative estimate of drug-likeness (QED) is 0.685. The highest BCUT2D eigenvalue weighted by molar-refractivity contribution is 9.10. The van der Waals surface area contributed by atoms with E-state index in [1.165, 1.54) is 0 Å². The third kappa shape index (κ3) is 2.98. The van der Waals surface area contributed by atoms with Crippen LogP contribution in [0.1, 0.15) is 38.3 Å². The van der Waals surface area contributed by atoms with Crippen LogP contribution in [0.2, 0.25) is 0 Å². The number of nitrogens with one attached hydrogen (secondary N) is 1. The number of amides is 1. The van der Waals surface area contributed by atoms with Crippen LogP contribution in [0, 0.1) is 5.92 Å². The minimum atomic E-state index is 0.0300. The van der Waals surface area contributed by atoms with Crippen molar-refractivity contribution in [2.75, 3.05) is 0 Å². The molecule has 5 nitrogen and oxygen atoms in total. The molecule has 1 saturated carbocycles. The number of carbonyl (C=O) groups excluding carboxylic acids is 1. The van der Waals surface area contributed by atoms with Gasteiger partial charge in [0.1, 0.15) is 0 Å². The number of hydrazone groups is 1. The highest BCUT2D eigenvalue weighted by Gasteiger charge is 2.22. The van der Waals surface area contributed by atoms with Crippen molar-refractivity contribution >= 4 is 28.1 Å². The molecule has 0 aromatic carbocycles. The maximum absolute atomic E-state index is 11.8. The smallest absolute Gasteiger partial charge is 0.243 e. The second-order valence-electron chi connectivity index (χ2n) is 4.41. The zero-order valence-electron chi connectivity index (χ0n) is 10.4. The van der Waals surface area contributed by atoms with Gasteiger partial charge in [-0.15, -0.1) is 0 Å². The van der Waals surface area contributed by atoms with Crippen molar-refractivity contribution in [3.63, 3.8) is 0 Å². The zero-order chi connectivity index (χ0) is 13.0. The molecule has 0 aliphatic heterocycles. The summed E-state index contributed by atoms with van der Waals surface area (Å²) in [6.45, 7) is 2.78. The van der Waals surface area contributed by atoms with Crippen molar-refractivity contribution in [1.82, 2.24) is 15.2 Å². The first-order chi connectivity index (χ1) is 8.72. The molecular weight excluding hydrogens is 296 g/mol. The van der Waals surface area contributed by atoms with E-state index in [0.29, 0.717) is 0 Å². The Labute approximate surface area is 115 Å². The van der Waals surface area contributed by atoms with Crippen molar-refractivity contribution in [1.29, 1.82) is 0 Å². The number of rotatable bonds is 4. The van der Waals surface area contributed by atoms with Gasteiger partial charge in [-0.25, -0.2) is 5.43 Å². The van der Waals surface area contributed by atoms with E-state index in [1.807, 2.05) is 11.6 Å². The summed E-state index contributed by atoms with van der Waals surface area (Å²) >= 11 is 3.40. The zero-order valence-corrected chi connectivity index (χ0v) is 12.0. The van der Waals surface area contributed by atoms with Crippen LogP contribution in [0.25, 0.3) is 0 Å². The fourth-order valence-electron chi connectivity index (χ4n) is 2.19. The Morgan fingerprint density at radius 2 is 2.39 bits per heavy atom. The van der Waals surface area contributed by atoms with E-state index in [4.69, 9.17) is 0 Å². The molecule has 1 aromatic rings. The van der Waals surface area contributed by atoms with Crippen molar-refractivity contribution in [3.8, 4) is 0 Å². The van der Waals surface area contributed by atoms with Crippen molar-refractivity contribution in [2.45, 2.75) is 39.2 Å². The maximum Gasteiger partial charge on any atom is 0.243 e. The van der Waals surface area contributed by atoms with E-state index in [2.05, 4.69) is 31.6 Å². The molecule has 1 fully saturated rings. The number of nitrogens with zero attached hydrogens (tertiary/aromatic N) is 3. The molecular formula is C12H17BrN4O. The largest absolute Gasteiger partial charge is 0.273 e. The summed E-state index contributed by atoms with van der Waals surface area (Å²) < 4.78 is 2.69. The SMILES string of the molecule is CCn1ncc(Br)c1/C=N\NC(=O)C1CCCC1. The summed E-state index contributed by atoms with van der Waals surface area (Å²) in [4.78, 5) is 11.8. The van der Waals surface area contributed by atoms with Gasteiger partial charge < -0.3 is 0 Å². The molecule has 6 heteroatoms. The summed E-state index contributed by atoms with van der Waals surface area (Å²) in [5, 5.41) is 8.19. The van der Waals surface area contributed by atoms with Gasteiger partial charge in [0.25, 0.3) is 0 Å². The van der Waals surface area contributed by atoms with Gasteiger partial charge in [-0.3, -0.25) is 9.48 Å². The summed E-state index contributed by atoms with van der Waals surface area (Å²) in [5.41, 5.74) is 3.47. The summed E-state index contributed by atoms with van der Waals surface area (Å²) in [6.07, 6.45) is 7.62. The molecule has 0 bridgehead atoms. The van der Waals surface area contributed by atoms with Gasteiger partial charge in [-0.1, -0.05) is 12.8 Å². The Morgan fingerprint density at radius 3 is 3.06 bits per heavy atom. The summed E-state index contributed by atoms with van der Waals surface area (Å²) in [6, 6.07) is 0. The first-order valence-corrected chi connectivity index (χ1v) is 7.06. The van der Waals surface area contributed by atoms with Gasteiger partial charge in [0, 0.05) is 12.5 Å². The lowest BCUT2D eigenvalue weighted by Gasteiger charge is -2.05. The summed E-state index contributed by atoms with van der Waals surface area (Å²) in [5.74, 6) is 0.170. The molecule has 0 saturated heterocycles. The molecule has 0 unspecified atom stereocenters. The van der Waals surface area contributed by atoms with Crippen molar-refractivity contribution in [3.05, 3.63) is 16.4 Å². The van der Waals surface area contributed by atoms with E-state index >= 15 is 0 Å². The van der Waals surface area contributed by atoms with Gasteiger partial charge in [0.05, 0.1) is 22.6 Å². The Bertz CT molecular complexity index is 449. The highest BCUT2D eigenvalue weighted by atomic mass is 79.9. The Balaban J connectivity index is 1.94. The fourth-order valence-corrected chi connectivity index (χ4v) is 2.59. The topological polar surface area (TPSA) is 59.3 Å². The Hall–Kier alpha value is -1.17. The predicted molar refractivity (Wildman–Crippen MR) is 73.3 cm³/mol. The van der Waals surface area contributed by atoms with Crippen LogP contribution in [-0.2, 0) is 11.3 Å². The van der Waals surface area contributed by atoms with E-state index in [9.17, 15) is 4.79 Å². The van der Waals surface area contributed by atoms with Crippen LogP contribution in [0.3, 0.4) is 0 Å². The monoisotopic (exact) mass is 312 g/mol. The molecule has 0 atom stereocenters. The third-order valence-electron chi connectivity index (χ3n) is 3.22. The Kier molecular flexibility index (Phi) is 4.52. The number of aromatic nitrogens is 2. The molecule has 0 spiro atoms. The average Bonchev–Trinajstić information content (AvgIpc) is 3.00. The van der Waals surface area contributed by atoms with E-state index in [0.717, 1.165) is 42.4 Å². The minimum Gasteiger partial charge on any atom is -0.273 e. The standard InChI is InChI=1S/C12H17BrN4O/c1-2-17-11(10(13)7-15-17)8-14-16-12(18)9-5-3-4-6-9/h7-9H,2-6H2,1H3,(H,16,18)/b14-8-. The highest BCUT2D eigenvalue weighted by Crippen LogP contribution is 2.24. The number of hydrogen-bond acceptors (Lipinski definition) is 3. The number of carbonyl (C=O) groups is 1. The van der Waals surface area contributed by atoms with Gasteiger partial charge in [-0.05, 0) is 35.7 Å². The van der Waals surface area contributed by atoms with Crippen molar-refractivity contribution in [2.24, 2.45) is 11.0 Å². The number of aryl methyl sites for hydroxylation is 1. The van der Waals surface area contributed by atoms with Gasteiger partial charge in [0.2, 0.25) is 5.91 Å². The first kappa shape index (κ1) is 13.3. The Morgan fingerprint density at radius 1 is 1.67 bits per heavy atom. The van der Waals surface area contributed by atoms with Crippen LogP contribution < -0.4 is 5.43 Å². The van der Waals surface area contributed by atoms with Crippen LogP contribution >= 0.6 is 15.9 Å². The molecule has 1 aromatic heterocycles. The lowest BCUT2D eigenvalue weighted by atomic mass is 10.1. The van der Waals surface area contributed by atoms with Gasteiger partial charge in [-0.2, -0.15) is 10.2 Å². The van der Waals surface area contributed by atoms with Crippen molar-refractivity contribution < 1.29 is 4.79 Å². The average molecular weight is 313 g/mol. The normalized spacial score (nSPS) is 16.6. The molecule has 18 heavy (non-hydrogen) atoms. The molecule has 2 rings (SSSR count). The molecule has 0 radical (unpaired) electrons. The lowest BCUT2D eigenvalue weighted by molar-refractivity contribution is -0.124. The van der Waals surface area contributed by atoms with Crippen LogP contribution in [-0.4, -0.2) is 21.9 Å². The van der Waals surface area contributed by atoms with E-state index < -0.39 is 0 Å². The first-order valence-electron chi connectivity index (χ1n) is 6.26. The maximum atomic E-state index is 11.8. The van der Waals surface area contributed by atoms with Crippen LogP contribution in [0.15, 0.2) is 15.8 Å². The molecule has 98 valence electrons.